The molecule has 8 heteroatoms. The predicted molar refractivity (Wildman–Crippen MR) is 75.1 cm³/mol. The number of carbonyl (C=O) groups excluding carboxylic acids is 2. The third kappa shape index (κ3) is 2.29. The summed E-state index contributed by atoms with van der Waals surface area (Å²) >= 11 is 0. The number of hydrogen-bond acceptors (Lipinski definition) is 4. The maximum atomic E-state index is 14.3. The molecule has 2 amide bonds. The largest absolute Gasteiger partial charge is 0.443 e. The zero-order valence-electron chi connectivity index (χ0n) is 11.7. The minimum Gasteiger partial charge on any atom is -0.443 e. The molecule has 118 valence electrons. The Kier molecular flexibility index (Phi) is 3.69. The van der Waals surface area contributed by atoms with E-state index in [1.54, 1.807) is 6.07 Å². The molecule has 22 heavy (non-hydrogen) atoms. The van der Waals surface area contributed by atoms with Gasteiger partial charge in [0.15, 0.2) is 0 Å². The Morgan fingerprint density at radius 2 is 2.14 bits per heavy atom. The average Bonchev–Trinajstić information content (AvgIpc) is 3.00. The SMILES string of the molecule is NCC1CN(c2cc(F)c3c(c2)CC(=O)N3CCF)C(=O)O1. The van der Waals surface area contributed by atoms with Crippen molar-refractivity contribution in [3.63, 3.8) is 0 Å². The number of amides is 2. The number of hydrogen-bond donors (Lipinski definition) is 1. The standard InChI is InChI=1S/C14H15F2N3O3/c15-1-2-18-12(20)4-8-3-9(5-11(16)13(8)18)19-7-10(6-17)22-14(19)21/h3,5,10H,1-2,4,6-7,17H2. The normalized spacial score (nSPS) is 20.6. The van der Waals surface area contributed by atoms with Gasteiger partial charge in [-0.15, -0.1) is 0 Å². The maximum Gasteiger partial charge on any atom is 0.414 e. The monoisotopic (exact) mass is 311 g/mol. The highest BCUT2D eigenvalue weighted by atomic mass is 19.1. The molecule has 1 saturated heterocycles. The van der Waals surface area contributed by atoms with Gasteiger partial charge in [0, 0.05) is 6.54 Å². The summed E-state index contributed by atoms with van der Waals surface area (Å²) in [5.74, 6) is -1.01. The fraction of sp³-hybridized carbons (Fsp3) is 0.429. The van der Waals surface area contributed by atoms with Gasteiger partial charge in [-0.2, -0.15) is 0 Å². The summed E-state index contributed by atoms with van der Waals surface area (Å²) in [7, 11) is 0. The molecule has 1 unspecified atom stereocenters. The Balaban J connectivity index is 1.95. The second-order valence-electron chi connectivity index (χ2n) is 5.20. The van der Waals surface area contributed by atoms with Gasteiger partial charge in [0.1, 0.15) is 18.6 Å². The highest BCUT2D eigenvalue weighted by molar-refractivity contribution is 6.02. The van der Waals surface area contributed by atoms with Gasteiger partial charge in [-0.1, -0.05) is 0 Å². The maximum absolute atomic E-state index is 14.3. The molecule has 6 nitrogen and oxygen atoms in total. The molecule has 3 rings (SSSR count). The number of halogens is 2. The minimum atomic E-state index is -0.747. The first-order chi connectivity index (χ1) is 10.5. The summed E-state index contributed by atoms with van der Waals surface area (Å²) in [4.78, 5) is 26.0. The molecule has 1 atom stereocenters. The van der Waals surface area contributed by atoms with Crippen molar-refractivity contribution in [1.82, 2.24) is 0 Å². The van der Waals surface area contributed by atoms with E-state index >= 15 is 0 Å². The number of rotatable bonds is 4. The van der Waals surface area contributed by atoms with Crippen LogP contribution >= 0.6 is 0 Å². The lowest BCUT2D eigenvalue weighted by atomic mass is 10.1. The molecule has 1 aromatic carbocycles. The topological polar surface area (TPSA) is 75.9 Å². The van der Waals surface area contributed by atoms with E-state index in [1.807, 2.05) is 0 Å². The first kappa shape index (κ1) is 14.7. The Morgan fingerprint density at radius 1 is 1.36 bits per heavy atom. The molecule has 1 fully saturated rings. The van der Waals surface area contributed by atoms with Crippen molar-refractivity contribution in [2.75, 3.05) is 36.1 Å². The molecule has 0 saturated carbocycles. The van der Waals surface area contributed by atoms with Gasteiger partial charge in [-0.25, -0.2) is 13.6 Å². The lowest BCUT2D eigenvalue weighted by Gasteiger charge is -2.18. The number of nitrogens with two attached hydrogens (primary N) is 1. The smallest absolute Gasteiger partial charge is 0.414 e. The van der Waals surface area contributed by atoms with Gasteiger partial charge in [0.25, 0.3) is 0 Å². The van der Waals surface area contributed by atoms with Gasteiger partial charge in [-0.3, -0.25) is 9.69 Å². The summed E-state index contributed by atoms with van der Waals surface area (Å²) < 4.78 is 31.9. The zero-order chi connectivity index (χ0) is 15.9. The van der Waals surface area contributed by atoms with Crippen LogP contribution in [0.5, 0.6) is 0 Å². The van der Waals surface area contributed by atoms with Crippen LogP contribution in [0.1, 0.15) is 5.56 Å². The number of anilines is 2. The molecular weight excluding hydrogens is 296 g/mol. The van der Waals surface area contributed by atoms with Crippen LogP contribution in [-0.4, -0.2) is 44.4 Å². The Labute approximate surface area is 125 Å². The molecule has 0 radical (unpaired) electrons. The number of ether oxygens (including phenoxy) is 1. The van der Waals surface area contributed by atoms with E-state index in [2.05, 4.69) is 0 Å². The summed E-state index contributed by atoms with van der Waals surface area (Å²) in [6.07, 6.45) is -1.04. The van der Waals surface area contributed by atoms with E-state index in [1.165, 1.54) is 4.90 Å². The third-order valence-electron chi connectivity index (χ3n) is 3.80. The highest BCUT2D eigenvalue weighted by Gasteiger charge is 2.35. The second-order valence-corrected chi connectivity index (χ2v) is 5.20. The fourth-order valence-corrected chi connectivity index (χ4v) is 2.79. The second kappa shape index (κ2) is 5.53. The van der Waals surface area contributed by atoms with Crippen molar-refractivity contribution >= 4 is 23.4 Å². The molecule has 0 aliphatic carbocycles. The average molecular weight is 311 g/mol. The third-order valence-corrected chi connectivity index (χ3v) is 3.80. The van der Waals surface area contributed by atoms with Gasteiger partial charge in [-0.05, 0) is 17.7 Å². The number of benzene rings is 1. The van der Waals surface area contributed by atoms with Crippen molar-refractivity contribution in [1.29, 1.82) is 0 Å². The summed E-state index contributed by atoms with van der Waals surface area (Å²) in [6.45, 7) is -0.514. The van der Waals surface area contributed by atoms with Gasteiger partial charge in [0.05, 0.1) is 30.9 Å². The molecule has 0 spiro atoms. The fourth-order valence-electron chi connectivity index (χ4n) is 2.79. The van der Waals surface area contributed by atoms with Crippen LogP contribution in [0.4, 0.5) is 25.0 Å². The summed E-state index contributed by atoms with van der Waals surface area (Å²) in [6, 6.07) is 2.72. The van der Waals surface area contributed by atoms with E-state index in [4.69, 9.17) is 10.5 Å². The Morgan fingerprint density at radius 3 is 2.77 bits per heavy atom. The van der Waals surface area contributed by atoms with E-state index in [9.17, 15) is 18.4 Å². The van der Waals surface area contributed by atoms with Crippen LogP contribution in [0.25, 0.3) is 0 Å². The van der Waals surface area contributed by atoms with Crippen LogP contribution in [0, 0.1) is 5.82 Å². The number of nitrogens with zero attached hydrogens (tertiary/aromatic N) is 2. The highest BCUT2D eigenvalue weighted by Crippen LogP contribution is 2.36. The molecule has 2 N–H and O–H groups in total. The van der Waals surface area contributed by atoms with Gasteiger partial charge >= 0.3 is 6.09 Å². The van der Waals surface area contributed by atoms with Crippen molar-refractivity contribution < 1.29 is 23.1 Å². The van der Waals surface area contributed by atoms with E-state index in [0.717, 1.165) is 11.0 Å². The molecule has 0 bridgehead atoms. The number of alkyl halides is 1. The van der Waals surface area contributed by atoms with Gasteiger partial charge in [0.2, 0.25) is 5.91 Å². The lowest BCUT2D eigenvalue weighted by Crippen LogP contribution is -2.29. The molecule has 2 aliphatic heterocycles. The van der Waals surface area contributed by atoms with Crippen LogP contribution in [0.15, 0.2) is 12.1 Å². The van der Waals surface area contributed by atoms with Crippen LogP contribution in [0.3, 0.4) is 0 Å². The van der Waals surface area contributed by atoms with E-state index in [-0.39, 0.29) is 37.6 Å². The molecule has 1 aromatic rings. The lowest BCUT2D eigenvalue weighted by molar-refractivity contribution is -0.117. The van der Waals surface area contributed by atoms with Crippen LogP contribution in [0.2, 0.25) is 0 Å². The summed E-state index contributed by atoms with van der Waals surface area (Å²) in [5, 5.41) is 0. The quantitative estimate of drug-likeness (QED) is 0.899. The van der Waals surface area contributed by atoms with E-state index in [0.29, 0.717) is 11.3 Å². The minimum absolute atomic E-state index is 0.0106. The Hall–Kier alpha value is -2.22. The van der Waals surface area contributed by atoms with Crippen molar-refractivity contribution in [3.05, 3.63) is 23.5 Å². The van der Waals surface area contributed by atoms with Crippen molar-refractivity contribution in [2.24, 2.45) is 5.73 Å². The van der Waals surface area contributed by atoms with Crippen LogP contribution in [-0.2, 0) is 16.0 Å². The first-order valence-corrected chi connectivity index (χ1v) is 6.92. The molecule has 2 aliphatic rings. The molecule has 2 heterocycles. The zero-order valence-corrected chi connectivity index (χ0v) is 11.7. The van der Waals surface area contributed by atoms with E-state index < -0.39 is 24.7 Å². The number of carbonyl (C=O) groups is 2. The van der Waals surface area contributed by atoms with Crippen LogP contribution < -0.4 is 15.5 Å². The number of fused-ring (bicyclic) bond motifs is 1. The van der Waals surface area contributed by atoms with Gasteiger partial charge < -0.3 is 15.4 Å². The molecular formula is C14H15F2N3O3. The predicted octanol–water partition coefficient (Wildman–Crippen LogP) is 0.968. The Bertz CT molecular complexity index is 638. The van der Waals surface area contributed by atoms with Crippen molar-refractivity contribution in [3.8, 4) is 0 Å². The molecule has 0 aromatic heterocycles. The first-order valence-electron chi connectivity index (χ1n) is 6.92. The summed E-state index contributed by atoms with van der Waals surface area (Å²) in [5.41, 5.74) is 6.31. The number of cyclic esters (lactones) is 1. The van der Waals surface area contributed by atoms with Crippen molar-refractivity contribution in [2.45, 2.75) is 12.5 Å².